The fraction of sp³-hybridized carbons (Fsp3) is 0.294. The lowest BCUT2D eigenvalue weighted by molar-refractivity contribution is -0.144. The monoisotopic (exact) mass is 359 g/mol. The number of aromatic nitrogens is 4. The van der Waals surface area contributed by atoms with E-state index in [1.165, 1.54) is 24.5 Å². The van der Waals surface area contributed by atoms with Gasteiger partial charge in [-0.05, 0) is 44.5 Å². The summed E-state index contributed by atoms with van der Waals surface area (Å²) in [6, 6.07) is 5.40. The van der Waals surface area contributed by atoms with Gasteiger partial charge in [0.2, 0.25) is 0 Å². The van der Waals surface area contributed by atoms with Crippen molar-refractivity contribution < 1.29 is 13.9 Å². The molecule has 0 radical (unpaired) electrons. The van der Waals surface area contributed by atoms with Gasteiger partial charge in [0, 0.05) is 17.4 Å². The average Bonchev–Trinajstić information content (AvgIpc) is 2.93. The summed E-state index contributed by atoms with van der Waals surface area (Å²) in [6.07, 6.45) is 0. The summed E-state index contributed by atoms with van der Waals surface area (Å²) in [5.41, 5.74) is 1.27. The lowest BCUT2D eigenvalue weighted by atomic mass is 10.2. The Labute approximate surface area is 148 Å². The number of carbonyl (C=O) groups excluding carboxylic acids is 1. The van der Waals surface area contributed by atoms with E-state index >= 15 is 0 Å². The number of hydrogen-bond acceptors (Lipinski definition) is 6. The number of anilines is 2. The maximum absolute atomic E-state index is 13.4. The SMILES string of the molecule is COC(=O)C(C)n1nc2nc(Nc3ccc(F)c(C)c3)cc(C)n2c1=O. The molecule has 0 amide bonds. The molecule has 1 unspecified atom stereocenters. The third-order valence-electron chi connectivity index (χ3n) is 4.04. The van der Waals surface area contributed by atoms with Gasteiger partial charge in [0.25, 0.3) is 5.78 Å². The summed E-state index contributed by atoms with van der Waals surface area (Å²) in [7, 11) is 1.25. The third kappa shape index (κ3) is 3.03. The normalized spacial score (nSPS) is 12.2. The van der Waals surface area contributed by atoms with Crippen molar-refractivity contribution in [1.82, 2.24) is 19.2 Å². The molecule has 0 saturated heterocycles. The van der Waals surface area contributed by atoms with Gasteiger partial charge in [-0.3, -0.25) is 0 Å². The van der Waals surface area contributed by atoms with E-state index in [4.69, 9.17) is 0 Å². The molecule has 0 spiro atoms. The minimum absolute atomic E-state index is 0.145. The summed E-state index contributed by atoms with van der Waals surface area (Å²) < 4.78 is 20.4. The molecular weight excluding hydrogens is 341 g/mol. The van der Waals surface area contributed by atoms with Crippen molar-refractivity contribution in [3.8, 4) is 0 Å². The van der Waals surface area contributed by atoms with Crippen LogP contribution in [0.2, 0.25) is 0 Å². The van der Waals surface area contributed by atoms with Crippen LogP contribution in [0.1, 0.15) is 24.2 Å². The van der Waals surface area contributed by atoms with E-state index < -0.39 is 17.7 Å². The van der Waals surface area contributed by atoms with Gasteiger partial charge in [0.15, 0.2) is 6.04 Å². The molecule has 0 aliphatic carbocycles. The largest absolute Gasteiger partial charge is 0.467 e. The highest BCUT2D eigenvalue weighted by Gasteiger charge is 2.22. The molecule has 1 N–H and O–H groups in total. The zero-order chi connectivity index (χ0) is 19.0. The molecule has 0 fully saturated rings. The number of benzene rings is 1. The Kier molecular flexibility index (Phi) is 4.45. The highest BCUT2D eigenvalue weighted by molar-refractivity contribution is 5.73. The van der Waals surface area contributed by atoms with E-state index in [-0.39, 0.29) is 11.6 Å². The molecule has 0 saturated carbocycles. The lowest BCUT2D eigenvalue weighted by Gasteiger charge is -2.08. The number of hydrogen-bond donors (Lipinski definition) is 1. The Morgan fingerprint density at radius 3 is 2.69 bits per heavy atom. The summed E-state index contributed by atoms with van der Waals surface area (Å²) >= 11 is 0. The number of ether oxygens (including phenoxy) is 1. The van der Waals surface area contributed by atoms with E-state index in [0.29, 0.717) is 22.8 Å². The highest BCUT2D eigenvalue weighted by Crippen LogP contribution is 2.19. The van der Waals surface area contributed by atoms with Crippen LogP contribution < -0.4 is 11.0 Å². The maximum Gasteiger partial charge on any atom is 0.352 e. The fourth-order valence-electron chi connectivity index (χ4n) is 2.61. The first-order valence-electron chi connectivity index (χ1n) is 7.91. The van der Waals surface area contributed by atoms with Crippen LogP contribution in [0.25, 0.3) is 5.78 Å². The molecule has 3 aromatic rings. The van der Waals surface area contributed by atoms with E-state index in [2.05, 4.69) is 20.1 Å². The molecule has 8 nitrogen and oxygen atoms in total. The van der Waals surface area contributed by atoms with Gasteiger partial charge in [0.1, 0.15) is 11.6 Å². The van der Waals surface area contributed by atoms with Crippen LogP contribution in [0.4, 0.5) is 15.9 Å². The Morgan fingerprint density at radius 2 is 2.04 bits per heavy atom. The minimum atomic E-state index is -0.871. The zero-order valence-corrected chi connectivity index (χ0v) is 14.8. The van der Waals surface area contributed by atoms with Crippen LogP contribution in [0.5, 0.6) is 0 Å². The van der Waals surface area contributed by atoms with Crippen molar-refractivity contribution in [2.45, 2.75) is 26.8 Å². The van der Waals surface area contributed by atoms with Crippen LogP contribution in [-0.4, -0.2) is 32.2 Å². The Balaban J connectivity index is 2.03. The molecule has 2 aromatic heterocycles. The van der Waals surface area contributed by atoms with Crippen LogP contribution in [0.15, 0.2) is 29.1 Å². The number of carbonyl (C=O) groups is 1. The molecule has 9 heteroatoms. The van der Waals surface area contributed by atoms with Gasteiger partial charge in [-0.2, -0.15) is 9.67 Å². The topological polar surface area (TPSA) is 90.5 Å². The predicted octanol–water partition coefficient (Wildman–Crippen LogP) is 2.12. The van der Waals surface area contributed by atoms with E-state index in [9.17, 15) is 14.0 Å². The highest BCUT2D eigenvalue weighted by atomic mass is 19.1. The number of nitrogens with zero attached hydrogens (tertiary/aromatic N) is 4. The number of nitrogens with one attached hydrogen (secondary N) is 1. The van der Waals surface area contributed by atoms with Crippen LogP contribution >= 0.6 is 0 Å². The molecule has 1 aromatic carbocycles. The van der Waals surface area contributed by atoms with Crippen molar-refractivity contribution in [2.24, 2.45) is 0 Å². The van der Waals surface area contributed by atoms with Gasteiger partial charge < -0.3 is 10.1 Å². The predicted molar refractivity (Wildman–Crippen MR) is 93.1 cm³/mol. The van der Waals surface area contributed by atoms with Crippen LogP contribution in [0, 0.1) is 19.7 Å². The van der Waals surface area contributed by atoms with Crippen molar-refractivity contribution in [3.63, 3.8) is 0 Å². The van der Waals surface area contributed by atoms with Crippen LogP contribution in [-0.2, 0) is 9.53 Å². The first-order chi connectivity index (χ1) is 12.3. The molecule has 1 atom stereocenters. The first-order valence-corrected chi connectivity index (χ1v) is 7.91. The lowest BCUT2D eigenvalue weighted by Crippen LogP contribution is -2.29. The smallest absolute Gasteiger partial charge is 0.352 e. The average molecular weight is 359 g/mol. The van der Waals surface area contributed by atoms with Gasteiger partial charge in [0.05, 0.1) is 7.11 Å². The van der Waals surface area contributed by atoms with Crippen molar-refractivity contribution in [2.75, 3.05) is 12.4 Å². The van der Waals surface area contributed by atoms with Crippen molar-refractivity contribution in [3.05, 3.63) is 51.8 Å². The quantitative estimate of drug-likeness (QED) is 0.718. The minimum Gasteiger partial charge on any atom is -0.467 e. The summed E-state index contributed by atoms with van der Waals surface area (Å²) in [6.45, 7) is 4.92. The zero-order valence-electron chi connectivity index (χ0n) is 14.8. The Bertz CT molecular complexity index is 1060. The van der Waals surface area contributed by atoms with Crippen molar-refractivity contribution >= 4 is 23.3 Å². The molecule has 0 bridgehead atoms. The number of esters is 1. The molecule has 136 valence electrons. The second kappa shape index (κ2) is 6.58. The molecule has 2 heterocycles. The van der Waals surface area contributed by atoms with Crippen molar-refractivity contribution in [1.29, 1.82) is 0 Å². The van der Waals surface area contributed by atoms with Gasteiger partial charge in [-0.1, -0.05) is 0 Å². The number of halogens is 1. The maximum atomic E-state index is 13.4. The molecular formula is C17H18FN5O3. The summed E-state index contributed by atoms with van der Waals surface area (Å²) in [4.78, 5) is 28.5. The number of fused-ring (bicyclic) bond motifs is 1. The Hall–Kier alpha value is -3.23. The molecule has 3 rings (SSSR count). The van der Waals surface area contributed by atoms with E-state index in [1.54, 1.807) is 32.0 Å². The second-order valence-electron chi connectivity index (χ2n) is 5.93. The van der Waals surface area contributed by atoms with Crippen LogP contribution in [0.3, 0.4) is 0 Å². The van der Waals surface area contributed by atoms with Gasteiger partial charge in [-0.25, -0.2) is 18.4 Å². The standard InChI is InChI=1S/C17H18FN5O3/c1-9-7-12(5-6-13(9)18)19-14-8-10(2)22-16(20-14)21-23(17(22)25)11(3)15(24)26-4/h5-8,11H,1-4H3,(H,19,20,21). The third-order valence-corrected chi connectivity index (χ3v) is 4.04. The molecule has 26 heavy (non-hydrogen) atoms. The van der Waals surface area contributed by atoms with Gasteiger partial charge >= 0.3 is 11.7 Å². The summed E-state index contributed by atoms with van der Waals surface area (Å²) in [5.74, 6) is -0.276. The van der Waals surface area contributed by atoms with Gasteiger partial charge in [-0.15, -0.1) is 5.10 Å². The fourth-order valence-corrected chi connectivity index (χ4v) is 2.61. The Morgan fingerprint density at radius 1 is 1.31 bits per heavy atom. The summed E-state index contributed by atoms with van der Waals surface area (Å²) in [5, 5.41) is 7.19. The number of rotatable bonds is 4. The van der Waals surface area contributed by atoms with E-state index in [0.717, 1.165) is 4.68 Å². The number of methoxy groups -OCH3 is 1. The second-order valence-corrected chi connectivity index (χ2v) is 5.93. The molecule has 0 aliphatic heterocycles. The first kappa shape index (κ1) is 17.6. The molecule has 0 aliphatic rings. The number of aryl methyl sites for hydroxylation is 2. The van der Waals surface area contributed by atoms with E-state index in [1.807, 2.05) is 0 Å².